The number of ether oxygens (including phenoxy) is 1. The lowest BCUT2D eigenvalue weighted by atomic mass is 10.0. The van der Waals surface area contributed by atoms with Gasteiger partial charge in [-0.15, -0.1) is 0 Å². The largest absolute Gasteiger partial charge is 0.462 e. The summed E-state index contributed by atoms with van der Waals surface area (Å²) in [5.74, 6) is -0.711. The Morgan fingerprint density at radius 3 is 1.50 bits per heavy atom. The summed E-state index contributed by atoms with van der Waals surface area (Å²) in [6, 6.07) is 37.2. The third-order valence-electron chi connectivity index (χ3n) is 5.54. The van der Waals surface area contributed by atoms with Crippen LogP contribution in [0.15, 0.2) is 120 Å². The topological polar surface area (TPSA) is 55.7 Å². The summed E-state index contributed by atoms with van der Waals surface area (Å²) in [4.78, 5) is 25.9. The smallest absolute Gasteiger partial charge is 0.338 e. The molecule has 4 aromatic rings. The molecule has 4 rings (SSSR count). The predicted octanol–water partition coefficient (Wildman–Crippen LogP) is 5.22. The second-order valence-electron chi connectivity index (χ2n) is 7.63. The van der Waals surface area contributed by atoms with Crippen molar-refractivity contribution in [2.24, 2.45) is 4.74 Å². The summed E-state index contributed by atoms with van der Waals surface area (Å²) < 4.78 is 10.4. The molecule has 0 saturated carbocycles. The van der Waals surface area contributed by atoms with Crippen molar-refractivity contribution in [3.63, 3.8) is 0 Å². The van der Waals surface area contributed by atoms with E-state index in [4.69, 9.17) is 9.48 Å². The highest BCUT2D eigenvalue weighted by molar-refractivity contribution is 7.87. The van der Waals surface area contributed by atoms with Crippen LogP contribution in [0.25, 0.3) is 0 Å². The number of hydrogen-bond donors (Lipinski definition) is 0. The lowest BCUT2D eigenvalue weighted by molar-refractivity contribution is 0.0523. The van der Waals surface area contributed by atoms with Crippen LogP contribution >= 0.6 is 7.05 Å². The average molecular weight is 468 g/mol. The Morgan fingerprint density at radius 1 is 0.647 bits per heavy atom. The number of benzene rings is 4. The lowest BCUT2D eigenvalue weighted by Gasteiger charge is -2.27. The summed E-state index contributed by atoms with van der Waals surface area (Å²) in [6.07, 6.45) is 0. The molecule has 170 valence electrons. The first-order valence-corrected chi connectivity index (χ1v) is 12.9. The van der Waals surface area contributed by atoms with Crippen LogP contribution in [0.5, 0.6) is 0 Å². The zero-order chi connectivity index (χ0) is 23.8. The van der Waals surface area contributed by atoms with Crippen molar-refractivity contribution in [3.8, 4) is 0 Å². The zero-order valence-electron chi connectivity index (χ0n) is 19.0. The van der Waals surface area contributed by atoms with Gasteiger partial charge in [-0.3, -0.25) is 9.54 Å². The summed E-state index contributed by atoms with van der Waals surface area (Å²) in [6.45, 7) is 1.94. The van der Waals surface area contributed by atoms with Crippen LogP contribution < -0.4 is 15.9 Å². The Balaban J connectivity index is 1.89. The molecule has 4 nitrogen and oxygen atoms in total. The van der Waals surface area contributed by atoms with Crippen LogP contribution in [0.2, 0.25) is 0 Å². The molecule has 0 bridgehead atoms. The zero-order valence-corrected chi connectivity index (χ0v) is 19.9. The fraction of sp³-hybridized carbons (Fsp3) is 0.103. The number of carbonyl (C=O) groups excluding carboxylic acids is 2. The van der Waals surface area contributed by atoms with Gasteiger partial charge in [0.1, 0.15) is 6.54 Å². The lowest BCUT2D eigenvalue weighted by Crippen LogP contribution is -2.26. The van der Waals surface area contributed by atoms with E-state index in [1.165, 1.54) is 0 Å². The molecule has 34 heavy (non-hydrogen) atoms. The summed E-state index contributed by atoms with van der Waals surface area (Å²) >= 11 is 0. The molecule has 0 radical (unpaired) electrons. The molecule has 0 aliphatic rings. The number of ketones is 1. The fourth-order valence-corrected chi connectivity index (χ4v) is 7.53. The van der Waals surface area contributed by atoms with E-state index < -0.39 is 13.0 Å². The van der Waals surface area contributed by atoms with E-state index in [0.29, 0.717) is 5.56 Å². The molecule has 0 aromatic heterocycles. The fourth-order valence-electron chi connectivity index (χ4n) is 3.99. The minimum Gasteiger partial charge on any atom is -0.462 e. The third kappa shape index (κ3) is 4.78. The maximum absolute atomic E-state index is 13.4. The molecule has 0 aliphatic heterocycles. The number of rotatable bonds is 8. The van der Waals surface area contributed by atoms with Crippen LogP contribution in [0, 0.1) is 0 Å². The normalized spacial score (nSPS) is 11.0. The molecule has 0 aliphatic carbocycles. The molecule has 0 spiro atoms. The first kappa shape index (κ1) is 23.4. The number of Topliss-reactive ketones (excluding diaryl/α,β-unsaturated/α-hetero) is 1. The molecular weight excluding hydrogens is 441 g/mol. The second kappa shape index (κ2) is 10.9. The summed E-state index contributed by atoms with van der Waals surface area (Å²) in [5, 5.41) is 3.21. The first-order valence-electron chi connectivity index (χ1n) is 11.2. The maximum Gasteiger partial charge on any atom is 0.338 e. The van der Waals surface area contributed by atoms with E-state index in [1.54, 1.807) is 31.2 Å². The van der Waals surface area contributed by atoms with E-state index in [1.807, 2.05) is 54.6 Å². The molecule has 0 atom stereocenters. The predicted molar refractivity (Wildman–Crippen MR) is 139 cm³/mol. The number of carbonyl (C=O) groups is 2. The van der Waals surface area contributed by atoms with Gasteiger partial charge in [0.05, 0.1) is 19.2 Å². The highest BCUT2D eigenvalue weighted by Crippen LogP contribution is 2.46. The van der Waals surface area contributed by atoms with E-state index >= 15 is 0 Å². The van der Waals surface area contributed by atoms with E-state index in [2.05, 4.69) is 36.4 Å². The van der Waals surface area contributed by atoms with Gasteiger partial charge in [0.2, 0.25) is 0 Å². The van der Waals surface area contributed by atoms with E-state index in [9.17, 15) is 9.59 Å². The Kier molecular flexibility index (Phi) is 7.51. The van der Waals surface area contributed by atoms with Gasteiger partial charge in [0.25, 0.3) is 0 Å². The van der Waals surface area contributed by atoms with Crippen molar-refractivity contribution in [3.05, 3.63) is 126 Å². The minimum atomic E-state index is -2.49. The van der Waals surface area contributed by atoms with Crippen molar-refractivity contribution in [1.29, 1.82) is 0 Å². The van der Waals surface area contributed by atoms with Crippen LogP contribution in [-0.2, 0) is 4.74 Å². The van der Waals surface area contributed by atoms with Crippen molar-refractivity contribution >= 4 is 34.7 Å². The summed E-state index contributed by atoms with van der Waals surface area (Å²) in [5.41, 5.74) is 0.601. The Bertz CT molecular complexity index is 1220. The van der Waals surface area contributed by atoms with Gasteiger partial charge in [-0.25, -0.2) is 4.79 Å². The third-order valence-corrected chi connectivity index (χ3v) is 9.24. The average Bonchev–Trinajstić information content (AvgIpc) is 2.91. The molecule has 0 saturated heterocycles. The Morgan fingerprint density at radius 2 is 1.06 bits per heavy atom. The molecule has 0 heterocycles. The quantitative estimate of drug-likeness (QED) is 0.203. The van der Waals surface area contributed by atoms with Crippen molar-refractivity contribution in [2.75, 3.05) is 13.2 Å². The number of hydrogen-bond acceptors (Lipinski definition) is 4. The van der Waals surface area contributed by atoms with Crippen LogP contribution in [-0.4, -0.2) is 24.9 Å². The number of esters is 1. The van der Waals surface area contributed by atoms with Gasteiger partial charge >= 0.3 is 5.97 Å². The molecule has 5 heteroatoms. The van der Waals surface area contributed by atoms with Crippen molar-refractivity contribution < 1.29 is 14.3 Å². The molecule has 0 amide bonds. The highest BCUT2D eigenvalue weighted by atomic mass is 31.2. The molecular formula is C29H26NO3P. The Hall–Kier alpha value is -3.75. The van der Waals surface area contributed by atoms with Gasteiger partial charge in [-0.05, 0) is 13.0 Å². The van der Waals surface area contributed by atoms with Crippen molar-refractivity contribution in [2.45, 2.75) is 6.92 Å². The molecule has 0 fully saturated rings. The van der Waals surface area contributed by atoms with Crippen LogP contribution in [0.3, 0.4) is 0 Å². The molecule has 0 N–H and O–H groups in total. The van der Waals surface area contributed by atoms with Crippen LogP contribution in [0.4, 0.5) is 0 Å². The monoisotopic (exact) mass is 467 g/mol. The standard InChI is InChI=1S/C29H26NO3P/c1-2-33-29(32)27-21-13-12-20-26(27)28(31)22-30-34(23-14-6-3-7-15-23,24-16-8-4-9-17-24)25-18-10-5-11-19-25/h3-21H,2,22H2,1H3. The maximum atomic E-state index is 13.4. The van der Waals surface area contributed by atoms with Gasteiger partial charge in [0, 0.05) is 21.5 Å². The van der Waals surface area contributed by atoms with Gasteiger partial charge in [-0.1, -0.05) is 109 Å². The second-order valence-corrected chi connectivity index (χ2v) is 10.7. The highest BCUT2D eigenvalue weighted by Gasteiger charge is 2.27. The van der Waals surface area contributed by atoms with Gasteiger partial charge in [-0.2, -0.15) is 0 Å². The number of nitrogens with zero attached hydrogens (tertiary/aromatic N) is 1. The minimum absolute atomic E-state index is 0.0527. The van der Waals surface area contributed by atoms with Gasteiger partial charge in [0.15, 0.2) is 5.78 Å². The van der Waals surface area contributed by atoms with Crippen LogP contribution in [0.1, 0.15) is 27.6 Å². The summed E-state index contributed by atoms with van der Waals surface area (Å²) in [7, 11) is -2.49. The molecule has 0 unspecified atom stereocenters. The SMILES string of the molecule is CCOC(=O)c1ccccc1C(=O)CN=P(c1ccccc1)(c1ccccc1)c1ccccc1. The first-order chi connectivity index (χ1) is 16.7. The van der Waals surface area contributed by atoms with Crippen molar-refractivity contribution in [1.82, 2.24) is 0 Å². The van der Waals surface area contributed by atoms with Gasteiger partial charge < -0.3 is 4.74 Å². The molecule has 4 aromatic carbocycles. The van der Waals surface area contributed by atoms with E-state index in [0.717, 1.165) is 15.9 Å². The van der Waals surface area contributed by atoms with E-state index in [-0.39, 0.29) is 24.5 Å². The Labute approximate surface area is 200 Å².